The lowest BCUT2D eigenvalue weighted by atomic mass is 9.76. The minimum absolute atomic E-state index is 0.0139. The highest BCUT2D eigenvalue weighted by molar-refractivity contribution is 6.48. The number of carbonyl (C=O) groups excluding carboxylic acids is 1. The van der Waals surface area contributed by atoms with Crippen molar-refractivity contribution in [2.24, 2.45) is 5.92 Å². The summed E-state index contributed by atoms with van der Waals surface area (Å²) in [5.74, 6) is -0.345. The predicted molar refractivity (Wildman–Crippen MR) is 111 cm³/mol. The summed E-state index contributed by atoms with van der Waals surface area (Å²) in [6.07, 6.45) is -0.0400. The molecule has 1 aliphatic carbocycles. The van der Waals surface area contributed by atoms with Crippen LogP contribution in [0.5, 0.6) is 11.5 Å². The number of likely N-dealkylation sites (N-methyl/N-ethyl adjacent to an activating group) is 1. The lowest BCUT2D eigenvalue weighted by Gasteiger charge is -2.40. The summed E-state index contributed by atoms with van der Waals surface area (Å²) >= 11 is 0. The maximum absolute atomic E-state index is 12.5. The molecule has 1 amide bonds. The first-order valence-corrected chi connectivity index (χ1v) is 10.8. The first-order chi connectivity index (χ1) is 14.8. The molecule has 0 radical (unpaired) electrons. The van der Waals surface area contributed by atoms with Gasteiger partial charge in [0.1, 0.15) is 23.2 Å². The highest BCUT2D eigenvalue weighted by Gasteiger charge is 2.60. The number of carboxylic acids is 1. The van der Waals surface area contributed by atoms with Crippen molar-refractivity contribution in [3.8, 4) is 11.5 Å². The topological polar surface area (TPSA) is 109 Å². The zero-order valence-electron chi connectivity index (χ0n) is 17.7. The van der Waals surface area contributed by atoms with Crippen LogP contribution >= 0.6 is 0 Å². The monoisotopic (exact) mass is 430 g/mol. The number of aromatic carboxylic acids is 1. The Morgan fingerprint density at radius 1 is 1.29 bits per heavy atom. The van der Waals surface area contributed by atoms with E-state index in [9.17, 15) is 19.7 Å². The number of rotatable bonds is 5. The quantitative estimate of drug-likeness (QED) is 0.657. The number of fused-ring (bicyclic) bond motifs is 3. The van der Waals surface area contributed by atoms with Crippen LogP contribution in [0.2, 0.25) is 5.82 Å². The Kier molecular flexibility index (Phi) is 5.11. The van der Waals surface area contributed by atoms with Crippen LogP contribution in [0, 0.1) is 5.92 Å². The summed E-state index contributed by atoms with van der Waals surface area (Å²) < 4.78 is 17.2. The molecule has 2 unspecified atom stereocenters. The first-order valence-electron chi connectivity index (χ1n) is 10.8. The highest BCUT2D eigenvalue weighted by atomic mass is 16.5. The summed E-state index contributed by atoms with van der Waals surface area (Å²) in [4.78, 5) is 28.3. The van der Waals surface area contributed by atoms with E-state index in [1.165, 1.54) is 0 Å². The average Bonchev–Trinajstić information content (AvgIpc) is 3.35. The molecular weight excluding hydrogens is 403 g/mol. The molecule has 3 fully saturated rings. The van der Waals surface area contributed by atoms with E-state index in [0.717, 1.165) is 18.7 Å². The second kappa shape index (κ2) is 7.68. The Morgan fingerprint density at radius 3 is 2.77 bits per heavy atom. The minimum Gasteiger partial charge on any atom is -0.535 e. The molecular formula is C21H27BN2O7. The summed E-state index contributed by atoms with van der Waals surface area (Å²) in [5, 5.41) is 20.0. The lowest BCUT2D eigenvalue weighted by Crippen LogP contribution is -2.57. The standard InChI is InChI=1S/C21H27BN2O7/c1-11-17-14-3-4-15(18(21(26)27)20(14)31-22(28)19(11)17)30-13-9-24(10-13)16(25)7-12-8-23(2)5-6-29-12/h3-4,11-13,17,19,28H,5-10H2,1-2H3,(H,26,27)/t11-,12-,17?,19?/m0/s1. The second-order valence-electron chi connectivity index (χ2n) is 9.13. The molecule has 166 valence electrons. The molecule has 1 aromatic carbocycles. The fraction of sp³-hybridized carbons (Fsp3) is 0.619. The molecule has 10 heteroatoms. The molecule has 3 aliphatic heterocycles. The van der Waals surface area contributed by atoms with E-state index < -0.39 is 13.1 Å². The maximum atomic E-state index is 12.5. The number of likely N-dealkylation sites (tertiary alicyclic amines) is 1. The van der Waals surface area contributed by atoms with Crippen LogP contribution in [-0.4, -0.2) is 91.0 Å². The number of hydrogen-bond donors (Lipinski definition) is 2. The van der Waals surface area contributed by atoms with Gasteiger partial charge in [0.05, 0.1) is 32.2 Å². The van der Waals surface area contributed by atoms with Crippen LogP contribution in [0.3, 0.4) is 0 Å². The van der Waals surface area contributed by atoms with Crippen molar-refractivity contribution in [3.05, 3.63) is 23.3 Å². The Morgan fingerprint density at radius 2 is 2.06 bits per heavy atom. The molecule has 1 saturated carbocycles. The molecule has 0 aromatic heterocycles. The largest absolute Gasteiger partial charge is 0.535 e. The summed E-state index contributed by atoms with van der Waals surface area (Å²) in [6, 6.07) is 3.50. The van der Waals surface area contributed by atoms with Gasteiger partial charge in [-0.1, -0.05) is 13.0 Å². The summed E-state index contributed by atoms with van der Waals surface area (Å²) in [5.41, 5.74) is 0.757. The number of amides is 1. The molecule has 1 aromatic rings. The van der Waals surface area contributed by atoms with Crippen molar-refractivity contribution in [1.29, 1.82) is 0 Å². The van der Waals surface area contributed by atoms with Crippen molar-refractivity contribution < 1.29 is 33.8 Å². The zero-order valence-corrected chi connectivity index (χ0v) is 17.7. The van der Waals surface area contributed by atoms with Gasteiger partial charge in [-0.15, -0.1) is 0 Å². The lowest BCUT2D eigenvalue weighted by molar-refractivity contribution is -0.144. The van der Waals surface area contributed by atoms with E-state index in [1.54, 1.807) is 11.0 Å². The highest BCUT2D eigenvalue weighted by Crippen LogP contribution is 2.65. The van der Waals surface area contributed by atoms with Crippen molar-refractivity contribution in [3.63, 3.8) is 0 Å². The number of ether oxygens (including phenoxy) is 2. The van der Waals surface area contributed by atoms with Gasteiger partial charge in [0, 0.05) is 18.9 Å². The second-order valence-corrected chi connectivity index (χ2v) is 9.13. The Balaban J connectivity index is 1.23. The van der Waals surface area contributed by atoms with Crippen LogP contribution in [-0.2, 0) is 9.53 Å². The van der Waals surface area contributed by atoms with Crippen molar-refractivity contribution in [2.75, 3.05) is 39.8 Å². The third-order valence-electron chi connectivity index (χ3n) is 6.98. The number of benzene rings is 1. The molecule has 2 N–H and O–H groups in total. The van der Waals surface area contributed by atoms with E-state index in [1.807, 2.05) is 20.0 Å². The number of hydrogen-bond acceptors (Lipinski definition) is 7. The molecule has 2 saturated heterocycles. The molecule has 31 heavy (non-hydrogen) atoms. The third kappa shape index (κ3) is 3.66. The van der Waals surface area contributed by atoms with Crippen LogP contribution in [0.25, 0.3) is 0 Å². The Labute approximate surface area is 181 Å². The number of carboxylic acid groups (broad SMARTS) is 1. The van der Waals surface area contributed by atoms with Crippen LogP contribution in [0.1, 0.15) is 35.2 Å². The van der Waals surface area contributed by atoms with E-state index in [2.05, 4.69) is 4.90 Å². The molecule has 9 nitrogen and oxygen atoms in total. The summed E-state index contributed by atoms with van der Waals surface area (Å²) in [7, 11) is 1.01. The van der Waals surface area contributed by atoms with Crippen molar-refractivity contribution >= 4 is 19.0 Å². The number of nitrogens with zero attached hydrogens (tertiary/aromatic N) is 2. The Hall–Kier alpha value is -2.30. The molecule has 0 spiro atoms. The van der Waals surface area contributed by atoms with Crippen LogP contribution in [0.4, 0.5) is 0 Å². The molecule has 4 atom stereocenters. The Bertz CT molecular complexity index is 906. The van der Waals surface area contributed by atoms with Gasteiger partial charge < -0.3 is 34.1 Å². The zero-order chi connectivity index (χ0) is 21.9. The minimum atomic E-state index is -1.16. The van der Waals surface area contributed by atoms with Crippen LogP contribution in [0.15, 0.2) is 12.1 Å². The van der Waals surface area contributed by atoms with E-state index >= 15 is 0 Å². The van der Waals surface area contributed by atoms with Gasteiger partial charge in [-0.3, -0.25) is 4.79 Å². The molecule has 4 aliphatic rings. The van der Waals surface area contributed by atoms with Gasteiger partial charge in [-0.05, 0) is 30.5 Å². The predicted octanol–water partition coefficient (Wildman–Crippen LogP) is 0.672. The van der Waals surface area contributed by atoms with Gasteiger partial charge in [-0.2, -0.15) is 0 Å². The first kappa shape index (κ1) is 20.6. The molecule has 0 bridgehead atoms. The molecule has 3 heterocycles. The SMILES string of the molecule is C[C@@H]1C2B(O)Oc3c(ccc(OC4CN(C(=O)C[C@H]5CN(C)CCO5)C4)c3C(=O)O)C21. The van der Waals surface area contributed by atoms with Crippen molar-refractivity contribution in [2.45, 2.75) is 37.3 Å². The average molecular weight is 430 g/mol. The third-order valence-corrected chi connectivity index (χ3v) is 6.98. The number of morpholine rings is 1. The fourth-order valence-electron chi connectivity index (χ4n) is 5.10. The smallest absolute Gasteiger partial charge is 0.526 e. The normalized spacial score (nSPS) is 30.0. The van der Waals surface area contributed by atoms with Gasteiger partial charge in [0.2, 0.25) is 5.91 Å². The van der Waals surface area contributed by atoms with E-state index in [0.29, 0.717) is 26.1 Å². The van der Waals surface area contributed by atoms with Gasteiger partial charge in [-0.25, -0.2) is 4.79 Å². The van der Waals surface area contributed by atoms with E-state index in [-0.39, 0.29) is 52.8 Å². The fourth-order valence-corrected chi connectivity index (χ4v) is 5.10. The number of carbonyl (C=O) groups is 2. The van der Waals surface area contributed by atoms with E-state index in [4.69, 9.17) is 14.1 Å². The maximum Gasteiger partial charge on any atom is 0.526 e. The van der Waals surface area contributed by atoms with Gasteiger partial charge in [0.15, 0.2) is 0 Å². The summed E-state index contributed by atoms with van der Waals surface area (Å²) in [6.45, 7) is 5.08. The van der Waals surface area contributed by atoms with Gasteiger partial charge in [0.25, 0.3) is 0 Å². The van der Waals surface area contributed by atoms with Gasteiger partial charge >= 0.3 is 13.1 Å². The van der Waals surface area contributed by atoms with Crippen molar-refractivity contribution in [1.82, 2.24) is 9.80 Å². The van der Waals surface area contributed by atoms with Crippen LogP contribution < -0.4 is 9.39 Å². The molecule has 5 rings (SSSR count).